The fourth-order valence-corrected chi connectivity index (χ4v) is 4.92. The Hall–Kier alpha value is -4.10. The van der Waals surface area contributed by atoms with Crippen LogP contribution in [0.25, 0.3) is 22.3 Å². The van der Waals surface area contributed by atoms with E-state index in [4.69, 9.17) is 13.9 Å². The van der Waals surface area contributed by atoms with Crippen molar-refractivity contribution in [2.45, 2.75) is 13.5 Å². The third-order valence-electron chi connectivity index (χ3n) is 6.91. The van der Waals surface area contributed by atoms with Gasteiger partial charge >= 0.3 is 0 Å². The Kier molecular flexibility index (Phi) is 5.70. The number of piperazine rings is 1. The minimum atomic E-state index is -0.116. The van der Waals surface area contributed by atoms with Gasteiger partial charge < -0.3 is 18.8 Å². The Morgan fingerprint density at radius 3 is 2.47 bits per heavy atom. The number of rotatable bonds is 4. The van der Waals surface area contributed by atoms with E-state index in [9.17, 15) is 9.59 Å². The van der Waals surface area contributed by atoms with Crippen molar-refractivity contribution >= 4 is 16.9 Å². The Morgan fingerprint density at radius 2 is 1.67 bits per heavy atom. The van der Waals surface area contributed by atoms with Crippen LogP contribution in [-0.2, 0) is 6.54 Å². The SMILES string of the molecule is Cc1c(-c2ccccc2)oc2c(C(=O)N3CCN(Cc4ccc5c(c4)OCO5)CC3)cccc2c1=O. The van der Waals surface area contributed by atoms with E-state index in [1.54, 1.807) is 25.1 Å². The predicted octanol–water partition coefficient (Wildman–Crippen LogP) is 4.46. The van der Waals surface area contributed by atoms with E-state index >= 15 is 0 Å². The second kappa shape index (κ2) is 9.17. The summed E-state index contributed by atoms with van der Waals surface area (Å²) in [4.78, 5) is 30.9. The molecule has 0 N–H and O–H groups in total. The molecule has 1 aromatic heterocycles. The quantitative estimate of drug-likeness (QED) is 0.428. The number of hydrogen-bond acceptors (Lipinski definition) is 6. The van der Waals surface area contributed by atoms with Gasteiger partial charge in [0.15, 0.2) is 22.5 Å². The Balaban J connectivity index is 1.22. The first-order chi connectivity index (χ1) is 17.6. The number of fused-ring (bicyclic) bond motifs is 2. The highest BCUT2D eigenvalue weighted by molar-refractivity contribution is 6.05. The van der Waals surface area contributed by atoms with E-state index in [2.05, 4.69) is 11.0 Å². The lowest BCUT2D eigenvalue weighted by atomic mass is 10.0. The van der Waals surface area contributed by atoms with E-state index in [1.165, 1.54) is 0 Å². The van der Waals surface area contributed by atoms with Gasteiger partial charge in [-0.3, -0.25) is 14.5 Å². The first-order valence-electron chi connectivity index (χ1n) is 12.1. The van der Waals surface area contributed by atoms with Crippen molar-refractivity contribution in [1.82, 2.24) is 9.80 Å². The van der Waals surface area contributed by atoms with Crippen LogP contribution in [0.15, 0.2) is 75.9 Å². The number of hydrogen-bond donors (Lipinski definition) is 0. The van der Waals surface area contributed by atoms with Crippen LogP contribution < -0.4 is 14.9 Å². The fraction of sp³-hybridized carbons (Fsp3) is 0.241. The smallest absolute Gasteiger partial charge is 0.257 e. The van der Waals surface area contributed by atoms with Crippen molar-refractivity contribution in [2.24, 2.45) is 0 Å². The molecule has 0 bridgehead atoms. The molecule has 7 nitrogen and oxygen atoms in total. The van der Waals surface area contributed by atoms with E-state index in [-0.39, 0.29) is 18.1 Å². The number of para-hydroxylation sites is 1. The van der Waals surface area contributed by atoms with Gasteiger partial charge in [-0.2, -0.15) is 0 Å². The molecule has 0 saturated carbocycles. The zero-order chi connectivity index (χ0) is 24.6. The lowest BCUT2D eigenvalue weighted by molar-refractivity contribution is 0.0629. The molecular formula is C29H26N2O5. The average molecular weight is 483 g/mol. The maximum absolute atomic E-state index is 13.6. The summed E-state index contributed by atoms with van der Waals surface area (Å²) in [5.74, 6) is 1.95. The summed E-state index contributed by atoms with van der Waals surface area (Å²) in [6.07, 6.45) is 0. The second-order valence-electron chi connectivity index (χ2n) is 9.19. The Labute approximate surface area is 208 Å². The third-order valence-corrected chi connectivity index (χ3v) is 6.91. The van der Waals surface area contributed by atoms with Crippen LogP contribution >= 0.6 is 0 Å². The number of carbonyl (C=O) groups is 1. The van der Waals surface area contributed by atoms with Crippen LogP contribution in [0, 0.1) is 6.92 Å². The minimum absolute atomic E-state index is 0.113. The van der Waals surface area contributed by atoms with Crippen LogP contribution in [0.4, 0.5) is 0 Å². The highest BCUT2D eigenvalue weighted by Crippen LogP contribution is 2.33. The highest BCUT2D eigenvalue weighted by Gasteiger charge is 2.26. The van der Waals surface area contributed by atoms with E-state index in [1.807, 2.05) is 47.4 Å². The lowest BCUT2D eigenvalue weighted by Crippen LogP contribution is -2.48. The van der Waals surface area contributed by atoms with Crippen molar-refractivity contribution in [2.75, 3.05) is 33.0 Å². The highest BCUT2D eigenvalue weighted by atomic mass is 16.7. The zero-order valence-electron chi connectivity index (χ0n) is 20.0. The number of ether oxygens (including phenoxy) is 2. The number of amides is 1. The molecule has 0 spiro atoms. The molecule has 0 unspecified atom stereocenters. The van der Waals surface area contributed by atoms with Gasteiger partial charge in [0.25, 0.3) is 5.91 Å². The summed E-state index contributed by atoms with van der Waals surface area (Å²) in [6.45, 7) is 5.51. The van der Waals surface area contributed by atoms with Gasteiger partial charge in [-0.25, -0.2) is 0 Å². The van der Waals surface area contributed by atoms with Gasteiger partial charge in [-0.15, -0.1) is 0 Å². The Morgan fingerprint density at radius 1 is 0.889 bits per heavy atom. The monoisotopic (exact) mass is 482 g/mol. The van der Waals surface area contributed by atoms with Crippen LogP contribution in [0.3, 0.4) is 0 Å². The minimum Gasteiger partial charge on any atom is -0.455 e. The summed E-state index contributed by atoms with van der Waals surface area (Å²) in [7, 11) is 0. The fourth-order valence-electron chi connectivity index (χ4n) is 4.92. The van der Waals surface area contributed by atoms with Crippen LogP contribution in [0.1, 0.15) is 21.5 Å². The maximum atomic E-state index is 13.6. The van der Waals surface area contributed by atoms with Crippen molar-refractivity contribution in [3.05, 3.63) is 93.6 Å². The first kappa shape index (κ1) is 22.4. The molecule has 2 aliphatic heterocycles. The second-order valence-corrected chi connectivity index (χ2v) is 9.19. The largest absolute Gasteiger partial charge is 0.455 e. The van der Waals surface area contributed by atoms with Crippen molar-refractivity contribution in [3.8, 4) is 22.8 Å². The standard InChI is InChI=1S/C29H26N2O5/c1-19-26(32)22-8-5-9-23(28(22)36-27(19)21-6-3-2-4-7-21)29(33)31-14-12-30(13-15-31)17-20-10-11-24-25(16-20)35-18-34-24/h2-11,16H,12-15,17-18H2,1H3. The average Bonchev–Trinajstić information content (AvgIpc) is 3.39. The molecular weight excluding hydrogens is 456 g/mol. The molecule has 3 heterocycles. The van der Waals surface area contributed by atoms with Crippen molar-refractivity contribution < 1.29 is 18.7 Å². The van der Waals surface area contributed by atoms with Gasteiger partial charge in [0.05, 0.1) is 10.9 Å². The number of benzene rings is 3. The number of carbonyl (C=O) groups excluding carboxylic acids is 1. The molecule has 3 aromatic carbocycles. The molecule has 2 aliphatic rings. The van der Waals surface area contributed by atoms with Crippen LogP contribution in [0.5, 0.6) is 11.5 Å². The normalized spacial score (nSPS) is 15.4. The van der Waals surface area contributed by atoms with E-state index < -0.39 is 0 Å². The Bertz CT molecular complexity index is 1500. The molecule has 7 heteroatoms. The molecule has 1 saturated heterocycles. The number of nitrogens with zero attached hydrogens (tertiary/aromatic N) is 2. The third kappa shape index (κ3) is 4.01. The summed E-state index contributed by atoms with van der Waals surface area (Å²) in [5, 5.41) is 0.430. The lowest BCUT2D eigenvalue weighted by Gasteiger charge is -2.34. The summed E-state index contributed by atoms with van der Waals surface area (Å²) in [5.41, 5.74) is 3.16. The first-order valence-corrected chi connectivity index (χ1v) is 12.1. The molecule has 1 amide bonds. The maximum Gasteiger partial charge on any atom is 0.257 e. The summed E-state index contributed by atoms with van der Waals surface area (Å²) in [6, 6.07) is 20.8. The van der Waals surface area contributed by atoms with Crippen LogP contribution in [-0.4, -0.2) is 48.7 Å². The summed E-state index contributed by atoms with van der Waals surface area (Å²) >= 11 is 0. The molecule has 36 heavy (non-hydrogen) atoms. The zero-order valence-corrected chi connectivity index (χ0v) is 20.0. The molecule has 0 atom stereocenters. The van der Waals surface area contributed by atoms with E-state index in [0.29, 0.717) is 40.9 Å². The molecule has 1 fully saturated rings. The van der Waals surface area contributed by atoms with Gasteiger partial charge in [-0.05, 0) is 36.8 Å². The van der Waals surface area contributed by atoms with Gasteiger partial charge in [-0.1, -0.05) is 42.5 Å². The van der Waals surface area contributed by atoms with Crippen molar-refractivity contribution in [3.63, 3.8) is 0 Å². The molecule has 0 aliphatic carbocycles. The summed E-state index contributed by atoms with van der Waals surface area (Å²) < 4.78 is 17.1. The molecule has 182 valence electrons. The van der Waals surface area contributed by atoms with Crippen LogP contribution in [0.2, 0.25) is 0 Å². The predicted molar refractivity (Wildman–Crippen MR) is 136 cm³/mol. The molecule has 4 aromatic rings. The topological polar surface area (TPSA) is 72.2 Å². The molecule has 6 rings (SSSR count). The van der Waals surface area contributed by atoms with E-state index in [0.717, 1.165) is 42.3 Å². The van der Waals surface area contributed by atoms with Gasteiger partial charge in [0.2, 0.25) is 6.79 Å². The van der Waals surface area contributed by atoms with Gasteiger partial charge in [0, 0.05) is 43.9 Å². The van der Waals surface area contributed by atoms with Crippen molar-refractivity contribution in [1.29, 1.82) is 0 Å². The van der Waals surface area contributed by atoms with Gasteiger partial charge in [0.1, 0.15) is 5.76 Å². The molecule has 0 radical (unpaired) electrons.